The monoisotopic (exact) mass is 361 g/mol. The van der Waals surface area contributed by atoms with Crippen LogP contribution >= 0.6 is 22.9 Å². The number of carbonyl (C=O) groups excluding carboxylic acids is 2. The normalized spacial score (nSPS) is 10.4. The minimum Gasteiger partial charge on any atom is -0.459 e. The zero-order valence-corrected chi connectivity index (χ0v) is 14.1. The zero-order valence-electron chi connectivity index (χ0n) is 12.5. The predicted molar refractivity (Wildman–Crippen MR) is 92.9 cm³/mol. The second-order valence-corrected chi connectivity index (χ2v) is 6.26. The maximum Gasteiger partial charge on any atom is 0.293 e. The molecule has 0 atom stereocenters. The maximum absolute atomic E-state index is 12.3. The first-order chi connectivity index (χ1) is 11.5. The molecular formula is C16H12ClN3O3S. The van der Waals surface area contributed by atoms with E-state index < -0.39 is 5.91 Å². The molecule has 3 aromatic rings. The summed E-state index contributed by atoms with van der Waals surface area (Å²) < 4.78 is 5.02. The molecule has 0 aliphatic heterocycles. The van der Waals surface area contributed by atoms with E-state index in [0.717, 1.165) is 11.3 Å². The van der Waals surface area contributed by atoms with Crippen LogP contribution in [0.1, 0.15) is 25.9 Å². The molecule has 0 radical (unpaired) electrons. The average Bonchev–Trinajstić information content (AvgIpc) is 3.19. The SMILES string of the molecule is Cc1nc(NC(=O)c2ccco2)sc1C(=O)Nc1ccc(Cl)cc1. The van der Waals surface area contributed by atoms with Crippen LogP contribution in [0.2, 0.25) is 5.02 Å². The van der Waals surface area contributed by atoms with Crippen LogP contribution in [-0.2, 0) is 0 Å². The molecule has 0 saturated heterocycles. The molecule has 0 unspecified atom stereocenters. The van der Waals surface area contributed by atoms with Crippen molar-refractivity contribution in [2.24, 2.45) is 0 Å². The lowest BCUT2D eigenvalue weighted by molar-refractivity contribution is 0.0994. The summed E-state index contributed by atoms with van der Waals surface area (Å²) in [5.41, 5.74) is 1.15. The molecule has 3 rings (SSSR count). The number of halogens is 1. The first-order valence-electron chi connectivity index (χ1n) is 6.92. The predicted octanol–water partition coefficient (Wildman–Crippen LogP) is 4.20. The molecule has 0 spiro atoms. The first-order valence-corrected chi connectivity index (χ1v) is 8.11. The van der Waals surface area contributed by atoms with E-state index in [1.54, 1.807) is 43.3 Å². The van der Waals surface area contributed by atoms with Crippen molar-refractivity contribution in [3.63, 3.8) is 0 Å². The topological polar surface area (TPSA) is 84.2 Å². The Hall–Kier alpha value is -2.64. The molecule has 0 aliphatic carbocycles. The van der Waals surface area contributed by atoms with Gasteiger partial charge in [-0.15, -0.1) is 0 Å². The number of carbonyl (C=O) groups is 2. The minimum atomic E-state index is -0.418. The highest BCUT2D eigenvalue weighted by atomic mass is 35.5. The number of thiazole rings is 1. The van der Waals surface area contributed by atoms with Crippen molar-refractivity contribution >= 4 is 45.6 Å². The third-order valence-electron chi connectivity index (χ3n) is 3.07. The van der Waals surface area contributed by atoms with Crippen LogP contribution in [0, 0.1) is 6.92 Å². The van der Waals surface area contributed by atoms with Gasteiger partial charge in [-0.2, -0.15) is 0 Å². The van der Waals surface area contributed by atoms with Gasteiger partial charge in [0.05, 0.1) is 12.0 Å². The van der Waals surface area contributed by atoms with E-state index in [9.17, 15) is 9.59 Å². The minimum absolute atomic E-state index is 0.176. The highest BCUT2D eigenvalue weighted by molar-refractivity contribution is 7.17. The van der Waals surface area contributed by atoms with Crippen LogP contribution in [-0.4, -0.2) is 16.8 Å². The molecule has 6 nitrogen and oxygen atoms in total. The number of benzene rings is 1. The lowest BCUT2D eigenvalue weighted by atomic mass is 10.3. The van der Waals surface area contributed by atoms with E-state index in [4.69, 9.17) is 16.0 Å². The summed E-state index contributed by atoms with van der Waals surface area (Å²) in [5.74, 6) is -0.542. The number of hydrogen-bond acceptors (Lipinski definition) is 5. The molecule has 24 heavy (non-hydrogen) atoms. The number of aryl methyl sites for hydroxylation is 1. The summed E-state index contributed by atoms with van der Waals surface area (Å²) in [6.07, 6.45) is 1.41. The van der Waals surface area contributed by atoms with Gasteiger partial charge in [0, 0.05) is 10.7 Å². The van der Waals surface area contributed by atoms with Gasteiger partial charge < -0.3 is 9.73 Å². The third kappa shape index (κ3) is 3.64. The van der Waals surface area contributed by atoms with Crippen LogP contribution in [0.5, 0.6) is 0 Å². The molecule has 0 fully saturated rings. The second kappa shape index (κ2) is 6.86. The number of nitrogens with one attached hydrogen (secondary N) is 2. The summed E-state index contributed by atoms with van der Waals surface area (Å²) in [4.78, 5) is 28.9. The van der Waals surface area contributed by atoms with E-state index in [1.165, 1.54) is 6.26 Å². The summed E-state index contributed by atoms with van der Waals surface area (Å²) in [6.45, 7) is 1.70. The van der Waals surface area contributed by atoms with E-state index >= 15 is 0 Å². The molecule has 0 bridgehead atoms. The van der Waals surface area contributed by atoms with Gasteiger partial charge in [0.2, 0.25) is 0 Å². The van der Waals surface area contributed by atoms with Crippen LogP contribution in [0.15, 0.2) is 47.1 Å². The van der Waals surface area contributed by atoms with Crippen molar-refractivity contribution < 1.29 is 14.0 Å². The van der Waals surface area contributed by atoms with Gasteiger partial charge in [-0.3, -0.25) is 14.9 Å². The van der Waals surface area contributed by atoms with Gasteiger partial charge in [0.25, 0.3) is 11.8 Å². The van der Waals surface area contributed by atoms with Crippen molar-refractivity contribution in [3.8, 4) is 0 Å². The molecule has 0 saturated carbocycles. The molecular weight excluding hydrogens is 350 g/mol. The molecule has 122 valence electrons. The van der Waals surface area contributed by atoms with E-state index in [-0.39, 0.29) is 11.7 Å². The van der Waals surface area contributed by atoms with Crippen molar-refractivity contribution in [2.45, 2.75) is 6.92 Å². The van der Waals surface area contributed by atoms with Crippen molar-refractivity contribution in [2.75, 3.05) is 10.6 Å². The largest absolute Gasteiger partial charge is 0.459 e. The Balaban J connectivity index is 1.72. The molecule has 2 heterocycles. The van der Waals surface area contributed by atoms with Gasteiger partial charge in [-0.25, -0.2) is 4.98 Å². The van der Waals surface area contributed by atoms with Crippen molar-refractivity contribution in [1.82, 2.24) is 4.98 Å². The van der Waals surface area contributed by atoms with Gasteiger partial charge in [0.15, 0.2) is 10.9 Å². The number of amides is 2. The summed E-state index contributed by atoms with van der Waals surface area (Å²) in [6, 6.07) is 9.95. The number of nitrogens with zero attached hydrogens (tertiary/aromatic N) is 1. The highest BCUT2D eigenvalue weighted by Crippen LogP contribution is 2.24. The lowest BCUT2D eigenvalue weighted by Crippen LogP contribution is -2.11. The lowest BCUT2D eigenvalue weighted by Gasteiger charge is -2.03. The van der Waals surface area contributed by atoms with Gasteiger partial charge in [-0.1, -0.05) is 22.9 Å². The zero-order chi connectivity index (χ0) is 17.1. The van der Waals surface area contributed by atoms with Gasteiger partial charge in [0.1, 0.15) is 4.88 Å². The van der Waals surface area contributed by atoms with Crippen LogP contribution in [0.3, 0.4) is 0 Å². The Morgan fingerprint density at radius 1 is 1.12 bits per heavy atom. The Kier molecular flexibility index (Phi) is 4.64. The Labute approximate surface area is 146 Å². The standard InChI is InChI=1S/C16H12ClN3O3S/c1-9-13(15(22)19-11-6-4-10(17)5-7-11)24-16(18-9)20-14(21)12-3-2-8-23-12/h2-8H,1H3,(H,19,22)(H,18,20,21). The fourth-order valence-corrected chi connectivity index (χ4v) is 2.93. The molecule has 2 amide bonds. The molecule has 2 N–H and O–H groups in total. The summed E-state index contributed by atoms with van der Waals surface area (Å²) in [7, 11) is 0. The molecule has 0 aliphatic rings. The fraction of sp³-hybridized carbons (Fsp3) is 0.0625. The maximum atomic E-state index is 12.3. The average molecular weight is 362 g/mol. The highest BCUT2D eigenvalue weighted by Gasteiger charge is 2.18. The van der Waals surface area contributed by atoms with Crippen LogP contribution < -0.4 is 10.6 Å². The third-order valence-corrected chi connectivity index (χ3v) is 4.39. The van der Waals surface area contributed by atoms with E-state index in [0.29, 0.717) is 26.4 Å². The number of anilines is 2. The van der Waals surface area contributed by atoms with Crippen molar-refractivity contribution in [3.05, 3.63) is 64.0 Å². The van der Waals surface area contributed by atoms with Crippen LogP contribution in [0.4, 0.5) is 10.8 Å². The van der Waals surface area contributed by atoms with Crippen LogP contribution in [0.25, 0.3) is 0 Å². The van der Waals surface area contributed by atoms with E-state index in [1.807, 2.05) is 0 Å². The second-order valence-electron chi connectivity index (χ2n) is 4.83. The van der Waals surface area contributed by atoms with E-state index in [2.05, 4.69) is 15.6 Å². The Bertz CT molecular complexity index is 873. The molecule has 8 heteroatoms. The smallest absolute Gasteiger partial charge is 0.293 e. The van der Waals surface area contributed by atoms with Gasteiger partial charge >= 0.3 is 0 Å². The molecule has 1 aromatic carbocycles. The Morgan fingerprint density at radius 2 is 1.88 bits per heavy atom. The Morgan fingerprint density at radius 3 is 2.54 bits per heavy atom. The fourth-order valence-electron chi connectivity index (χ4n) is 1.95. The van der Waals surface area contributed by atoms with Crippen molar-refractivity contribution in [1.29, 1.82) is 0 Å². The first kappa shape index (κ1) is 16.2. The molecule has 2 aromatic heterocycles. The summed E-state index contributed by atoms with van der Waals surface area (Å²) >= 11 is 6.91. The number of furan rings is 1. The number of aromatic nitrogens is 1. The van der Waals surface area contributed by atoms with Gasteiger partial charge in [-0.05, 0) is 43.3 Å². The summed E-state index contributed by atoms with van der Waals surface area (Å²) in [5, 5.41) is 6.29. The number of hydrogen-bond donors (Lipinski definition) is 2. The quantitative estimate of drug-likeness (QED) is 0.729. The number of rotatable bonds is 4.